The molecule has 8 nitrogen and oxygen atoms in total. The summed E-state index contributed by atoms with van der Waals surface area (Å²) in [6.45, 7) is 0. The number of nitrogens with one attached hydrogen (secondary N) is 1. The zero-order chi connectivity index (χ0) is 17.2. The van der Waals surface area contributed by atoms with Crippen LogP contribution >= 0.6 is 0 Å². The highest BCUT2D eigenvalue weighted by molar-refractivity contribution is 6.07. The quantitative estimate of drug-likeness (QED) is 0.276. The predicted octanol–water partition coefficient (Wildman–Crippen LogP) is 1.10. The van der Waals surface area contributed by atoms with Crippen LogP contribution in [0.25, 0.3) is 0 Å². The SMILES string of the molecule is COC(=O)N/N=C(/CC(C(=O)OC)C(=O)OC)c1ccccc1. The number of hydrogen-bond acceptors (Lipinski definition) is 7. The Hall–Kier alpha value is -2.90. The Labute approximate surface area is 133 Å². The van der Waals surface area contributed by atoms with Crippen molar-refractivity contribution >= 4 is 23.7 Å². The first kappa shape index (κ1) is 18.1. The van der Waals surface area contributed by atoms with Gasteiger partial charge in [0.05, 0.1) is 27.0 Å². The van der Waals surface area contributed by atoms with Crippen molar-refractivity contribution in [3.8, 4) is 0 Å². The molecule has 0 heterocycles. The number of ether oxygens (including phenoxy) is 3. The molecule has 0 aliphatic carbocycles. The zero-order valence-electron chi connectivity index (χ0n) is 13.1. The maximum absolute atomic E-state index is 11.8. The molecular formula is C15H18N2O6. The molecule has 1 aromatic rings. The van der Waals surface area contributed by atoms with Gasteiger partial charge in [0.2, 0.25) is 0 Å². The van der Waals surface area contributed by atoms with Crippen molar-refractivity contribution in [3.05, 3.63) is 35.9 Å². The van der Waals surface area contributed by atoms with Crippen LogP contribution in [-0.2, 0) is 23.8 Å². The van der Waals surface area contributed by atoms with Gasteiger partial charge in [0.25, 0.3) is 0 Å². The second kappa shape index (κ2) is 9.19. The fourth-order valence-electron chi connectivity index (χ4n) is 1.76. The minimum absolute atomic E-state index is 0.104. The van der Waals surface area contributed by atoms with Gasteiger partial charge in [-0.1, -0.05) is 30.3 Å². The smallest absolute Gasteiger partial charge is 0.427 e. The van der Waals surface area contributed by atoms with E-state index in [1.165, 1.54) is 21.3 Å². The molecule has 0 unspecified atom stereocenters. The standard InChI is InChI=1S/C15H18N2O6/c1-21-13(18)11(14(19)22-2)9-12(16-17-15(20)23-3)10-7-5-4-6-8-10/h4-8,11H,9H2,1-3H3,(H,17,20)/b16-12-. The minimum atomic E-state index is -1.19. The number of rotatable bonds is 6. The Morgan fingerprint density at radius 2 is 1.57 bits per heavy atom. The van der Waals surface area contributed by atoms with E-state index >= 15 is 0 Å². The molecular weight excluding hydrogens is 304 g/mol. The molecule has 0 atom stereocenters. The summed E-state index contributed by atoms with van der Waals surface area (Å²) in [6.07, 6.45) is -0.876. The van der Waals surface area contributed by atoms with E-state index < -0.39 is 23.9 Å². The van der Waals surface area contributed by atoms with Crippen LogP contribution in [-0.4, -0.2) is 45.1 Å². The first-order valence-corrected chi connectivity index (χ1v) is 6.65. The lowest BCUT2D eigenvalue weighted by molar-refractivity contribution is -0.158. The summed E-state index contributed by atoms with van der Waals surface area (Å²) in [7, 11) is 3.54. The molecule has 0 aliphatic rings. The molecule has 124 valence electrons. The third kappa shape index (κ3) is 5.42. The molecule has 0 fully saturated rings. The van der Waals surface area contributed by atoms with Crippen LogP contribution in [0, 0.1) is 5.92 Å². The number of hydrogen-bond donors (Lipinski definition) is 1. The monoisotopic (exact) mass is 322 g/mol. The number of amides is 1. The van der Waals surface area contributed by atoms with Gasteiger partial charge in [-0.3, -0.25) is 9.59 Å². The summed E-state index contributed by atoms with van der Waals surface area (Å²) in [4.78, 5) is 34.8. The minimum Gasteiger partial charge on any atom is -0.468 e. The van der Waals surface area contributed by atoms with E-state index in [1.54, 1.807) is 30.3 Å². The molecule has 0 aliphatic heterocycles. The maximum atomic E-state index is 11.8. The largest absolute Gasteiger partial charge is 0.468 e. The van der Waals surface area contributed by atoms with Crippen LogP contribution in [0.1, 0.15) is 12.0 Å². The normalized spacial score (nSPS) is 10.9. The predicted molar refractivity (Wildman–Crippen MR) is 80.7 cm³/mol. The van der Waals surface area contributed by atoms with E-state index in [1.807, 2.05) is 0 Å². The van der Waals surface area contributed by atoms with Crippen molar-refractivity contribution in [2.45, 2.75) is 6.42 Å². The molecule has 23 heavy (non-hydrogen) atoms. The molecule has 0 saturated carbocycles. The maximum Gasteiger partial charge on any atom is 0.427 e. The van der Waals surface area contributed by atoms with Crippen molar-refractivity contribution in [3.63, 3.8) is 0 Å². The van der Waals surface area contributed by atoms with E-state index in [0.717, 1.165) is 0 Å². The molecule has 0 radical (unpaired) electrons. The molecule has 0 spiro atoms. The Morgan fingerprint density at radius 1 is 1.00 bits per heavy atom. The van der Waals surface area contributed by atoms with E-state index in [-0.39, 0.29) is 6.42 Å². The van der Waals surface area contributed by atoms with Crippen molar-refractivity contribution < 1.29 is 28.6 Å². The molecule has 1 rings (SSSR count). The zero-order valence-corrected chi connectivity index (χ0v) is 13.1. The molecule has 0 aromatic heterocycles. The van der Waals surface area contributed by atoms with Crippen LogP contribution < -0.4 is 5.43 Å². The summed E-state index contributed by atoms with van der Waals surface area (Å²) in [5, 5.41) is 3.91. The van der Waals surface area contributed by atoms with Gasteiger partial charge in [-0.25, -0.2) is 10.2 Å². The van der Waals surface area contributed by atoms with E-state index in [0.29, 0.717) is 11.3 Å². The Kier molecular flexibility index (Phi) is 7.25. The third-order valence-electron chi connectivity index (χ3n) is 2.94. The van der Waals surface area contributed by atoms with Gasteiger partial charge < -0.3 is 14.2 Å². The fourth-order valence-corrected chi connectivity index (χ4v) is 1.76. The van der Waals surface area contributed by atoms with Gasteiger partial charge >= 0.3 is 18.0 Å². The summed E-state index contributed by atoms with van der Waals surface area (Å²) < 4.78 is 13.7. The van der Waals surface area contributed by atoms with Crippen molar-refractivity contribution in [2.24, 2.45) is 11.0 Å². The number of carbonyl (C=O) groups is 3. The first-order chi connectivity index (χ1) is 11.0. The second-order valence-electron chi connectivity index (χ2n) is 4.33. The van der Waals surface area contributed by atoms with Crippen LogP contribution in [0.3, 0.4) is 0 Å². The average Bonchev–Trinajstić information content (AvgIpc) is 2.61. The highest BCUT2D eigenvalue weighted by Crippen LogP contribution is 2.14. The Balaban J connectivity index is 3.10. The van der Waals surface area contributed by atoms with E-state index in [9.17, 15) is 14.4 Å². The molecule has 0 saturated heterocycles. The number of carbonyl (C=O) groups excluding carboxylic acids is 3. The summed E-state index contributed by atoms with van der Waals surface area (Å²) in [5.41, 5.74) is 3.10. The van der Waals surface area contributed by atoms with Gasteiger partial charge in [0.15, 0.2) is 5.92 Å². The number of benzene rings is 1. The molecule has 8 heteroatoms. The van der Waals surface area contributed by atoms with Crippen LogP contribution in [0.4, 0.5) is 4.79 Å². The molecule has 1 N–H and O–H groups in total. The fraction of sp³-hybridized carbons (Fsp3) is 0.333. The lowest BCUT2D eigenvalue weighted by Gasteiger charge is -2.14. The lowest BCUT2D eigenvalue weighted by atomic mass is 9.97. The van der Waals surface area contributed by atoms with Gasteiger partial charge in [-0.2, -0.15) is 5.10 Å². The van der Waals surface area contributed by atoms with Crippen molar-refractivity contribution in [1.29, 1.82) is 0 Å². The first-order valence-electron chi connectivity index (χ1n) is 6.65. The van der Waals surface area contributed by atoms with Gasteiger partial charge in [0.1, 0.15) is 0 Å². The average molecular weight is 322 g/mol. The van der Waals surface area contributed by atoms with Crippen LogP contribution in [0.5, 0.6) is 0 Å². The number of methoxy groups -OCH3 is 3. The Bertz CT molecular complexity index is 569. The van der Waals surface area contributed by atoms with Gasteiger partial charge in [-0.05, 0) is 5.56 Å². The summed E-state index contributed by atoms with van der Waals surface area (Å²) >= 11 is 0. The van der Waals surface area contributed by atoms with E-state index in [4.69, 9.17) is 0 Å². The number of esters is 2. The van der Waals surface area contributed by atoms with Gasteiger partial charge in [-0.15, -0.1) is 0 Å². The van der Waals surface area contributed by atoms with Crippen molar-refractivity contribution in [2.75, 3.05) is 21.3 Å². The highest BCUT2D eigenvalue weighted by atomic mass is 16.5. The van der Waals surface area contributed by atoms with Crippen LogP contribution in [0.15, 0.2) is 35.4 Å². The number of hydrazone groups is 1. The second-order valence-corrected chi connectivity index (χ2v) is 4.33. The lowest BCUT2D eigenvalue weighted by Crippen LogP contribution is -2.30. The van der Waals surface area contributed by atoms with Crippen LogP contribution in [0.2, 0.25) is 0 Å². The third-order valence-corrected chi connectivity index (χ3v) is 2.94. The van der Waals surface area contributed by atoms with E-state index in [2.05, 4.69) is 24.7 Å². The topological polar surface area (TPSA) is 103 Å². The summed E-state index contributed by atoms with van der Waals surface area (Å²) in [6, 6.07) is 8.77. The Morgan fingerprint density at radius 3 is 2.04 bits per heavy atom. The van der Waals surface area contributed by atoms with Gasteiger partial charge in [0, 0.05) is 6.42 Å². The number of nitrogens with zero attached hydrogens (tertiary/aromatic N) is 1. The molecule has 1 amide bonds. The molecule has 0 bridgehead atoms. The highest BCUT2D eigenvalue weighted by Gasteiger charge is 2.30. The van der Waals surface area contributed by atoms with Crippen molar-refractivity contribution in [1.82, 2.24) is 5.43 Å². The summed E-state index contributed by atoms with van der Waals surface area (Å²) in [5.74, 6) is -2.69. The molecule has 1 aromatic carbocycles.